The Hall–Kier alpha value is -2.78. The highest BCUT2D eigenvalue weighted by atomic mass is 16.6. The van der Waals surface area contributed by atoms with Gasteiger partial charge in [0.1, 0.15) is 24.6 Å². The standard InChI is InChI=1S/C33H49NO12/c1-23-7-8-25(39-6)30-29(23)32-11-12-34(3)24(2)33(32,46-28(36)22-43-20-18-41-16-14-38-5)10-9-26(31(32)45-30)44-27(35)21-42-19-17-40-15-13-37-4/h7-9,24,31H,10-22H2,1-6H3/t24-,31+,32+,33?/m1/s1. The van der Waals surface area contributed by atoms with Crippen molar-refractivity contribution >= 4 is 11.9 Å². The molecule has 46 heavy (non-hydrogen) atoms. The topological polar surface area (TPSA) is 130 Å². The molecular weight excluding hydrogens is 602 g/mol. The van der Waals surface area contributed by atoms with Crippen molar-refractivity contribution in [2.75, 3.05) is 101 Å². The molecule has 1 fully saturated rings. The predicted octanol–water partition coefficient (Wildman–Crippen LogP) is 2.20. The molecule has 1 spiro atoms. The molecule has 2 heterocycles. The molecule has 4 atom stereocenters. The third kappa shape index (κ3) is 7.51. The van der Waals surface area contributed by atoms with Gasteiger partial charge in [0.05, 0.1) is 65.4 Å². The summed E-state index contributed by atoms with van der Waals surface area (Å²) in [7, 11) is 6.80. The number of hydrogen-bond donors (Lipinski definition) is 0. The summed E-state index contributed by atoms with van der Waals surface area (Å²) in [6.07, 6.45) is 1.91. The Morgan fingerprint density at radius 2 is 1.50 bits per heavy atom. The zero-order chi connectivity index (χ0) is 33.2. The van der Waals surface area contributed by atoms with Gasteiger partial charge >= 0.3 is 11.9 Å². The first kappa shape index (κ1) is 36.1. The Bertz CT molecular complexity index is 1210. The van der Waals surface area contributed by atoms with Crippen molar-refractivity contribution in [3.8, 4) is 11.5 Å². The quantitative estimate of drug-likeness (QED) is 0.160. The lowest BCUT2D eigenvalue weighted by atomic mass is 9.54. The average molecular weight is 652 g/mol. The molecule has 1 aliphatic carbocycles. The van der Waals surface area contributed by atoms with Crippen LogP contribution in [0.25, 0.3) is 0 Å². The summed E-state index contributed by atoms with van der Waals surface area (Å²) in [6, 6.07) is 3.61. The minimum absolute atomic E-state index is 0.222. The van der Waals surface area contributed by atoms with E-state index in [1.165, 1.54) is 0 Å². The first-order chi connectivity index (χ1) is 22.3. The Balaban J connectivity index is 1.59. The van der Waals surface area contributed by atoms with Crippen LogP contribution < -0.4 is 9.47 Å². The van der Waals surface area contributed by atoms with Gasteiger partial charge in [-0.1, -0.05) is 6.07 Å². The number of aryl methyl sites for hydroxylation is 1. The smallest absolute Gasteiger partial charge is 0.337 e. The average Bonchev–Trinajstić information content (AvgIpc) is 3.41. The molecule has 13 nitrogen and oxygen atoms in total. The summed E-state index contributed by atoms with van der Waals surface area (Å²) < 4.78 is 56.8. The van der Waals surface area contributed by atoms with Crippen molar-refractivity contribution in [2.24, 2.45) is 0 Å². The van der Waals surface area contributed by atoms with Crippen LogP contribution in [0.5, 0.6) is 11.5 Å². The van der Waals surface area contributed by atoms with Crippen LogP contribution in [0.3, 0.4) is 0 Å². The number of nitrogens with zero attached hydrogens (tertiary/aromatic N) is 1. The second-order valence-electron chi connectivity index (χ2n) is 11.6. The SMILES string of the molecule is COCCOCCOCC(=O)OC1=CCC2(OC(=O)COCCOCCOC)[C@@H](C)N(C)CC[C@@]23c2c(C)ccc(OC)c2O[C@@H]13. The fourth-order valence-corrected chi connectivity index (χ4v) is 6.77. The van der Waals surface area contributed by atoms with E-state index >= 15 is 0 Å². The van der Waals surface area contributed by atoms with Crippen LogP contribution >= 0.6 is 0 Å². The monoisotopic (exact) mass is 651 g/mol. The molecule has 1 saturated heterocycles. The number of benzene rings is 1. The fraction of sp³-hybridized carbons (Fsp3) is 0.697. The van der Waals surface area contributed by atoms with E-state index in [1.807, 2.05) is 26.1 Å². The van der Waals surface area contributed by atoms with E-state index in [1.54, 1.807) is 27.4 Å². The van der Waals surface area contributed by atoms with Crippen LogP contribution in [0, 0.1) is 6.92 Å². The van der Waals surface area contributed by atoms with E-state index in [0.29, 0.717) is 69.9 Å². The molecule has 0 amide bonds. The van der Waals surface area contributed by atoms with Gasteiger partial charge in [-0.15, -0.1) is 0 Å². The van der Waals surface area contributed by atoms with Gasteiger partial charge in [-0.3, -0.25) is 4.90 Å². The lowest BCUT2D eigenvalue weighted by molar-refractivity contribution is -0.205. The van der Waals surface area contributed by atoms with Crippen molar-refractivity contribution < 1.29 is 57.0 Å². The molecule has 1 aromatic rings. The van der Waals surface area contributed by atoms with Gasteiger partial charge in [0.25, 0.3) is 0 Å². The first-order valence-corrected chi connectivity index (χ1v) is 15.7. The fourth-order valence-electron chi connectivity index (χ4n) is 6.77. The van der Waals surface area contributed by atoms with Crippen LogP contribution in [0.4, 0.5) is 0 Å². The third-order valence-corrected chi connectivity index (χ3v) is 9.07. The number of esters is 2. The highest BCUT2D eigenvalue weighted by Gasteiger charge is 2.71. The molecular formula is C33H49NO12. The van der Waals surface area contributed by atoms with Gasteiger partial charge in [-0.25, -0.2) is 9.59 Å². The number of ether oxygens (including phenoxy) is 10. The third-order valence-electron chi connectivity index (χ3n) is 9.07. The van der Waals surface area contributed by atoms with Crippen molar-refractivity contribution in [2.45, 2.75) is 49.9 Å². The summed E-state index contributed by atoms with van der Waals surface area (Å²) in [5, 5.41) is 0. The second kappa shape index (κ2) is 16.9. The van der Waals surface area contributed by atoms with Gasteiger partial charge in [0.15, 0.2) is 17.6 Å². The summed E-state index contributed by atoms with van der Waals surface area (Å²) in [5.41, 5.74) is -0.104. The number of fused-ring (bicyclic) bond motifs is 1. The van der Waals surface area contributed by atoms with Crippen LogP contribution in [-0.2, 0) is 52.9 Å². The molecule has 258 valence electrons. The number of hydrogen-bond acceptors (Lipinski definition) is 13. The van der Waals surface area contributed by atoms with Gasteiger partial charge in [-0.05, 0) is 51.6 Å². The molecule has 0 radical (unpaired) electrons. The Kier molecular flexibility index (Phi) is 13.2. The van der Waals surface area contributed by atoms with Gasteiger partial charge in [-0.2, -0.15) is 0 Å². The van der Waals surface area contributed by atoms with Gasteiger partial charge in [0, 0.05) is 32.2 Å². The zero-order valence-corrected chi connectivity index (χ0v) is 27.9. The van der Waals surface area contributed by atoms with Crippen LogP contribution in [-0.4, -0.2) is 136 Å². The Morgan fingerprint density at radius 1 is 0.891 bits per heavy atom. The lowest BCUT2D eigenvalue weighted by Crippen LogP contribution is -2.73. The molecule has 1 unspecified atom stereocenters. The highest BCUT2D eigenvalue weighted by molar-refractivity contribution is 5.74. The lowest BCUT2D eigenvalue weighted by Gasteiger charge is -2.59. The summed E-state index contributed by atoms with van der Waals surface area (Å²) in [4.78, 5) is 28.7. The molecule has 0 bridgehead atoms. The van der Waals surface area contributed by atoms with Gasteiger partial charge in [0.2, 0.25) is 0 Å². The number of piperidine rings is 1. The summed E-state index contributed by atoms with van der Waals surface area (Å²) in [6.45, 7) is 7.22. The molecule has 1 aromatic carbocycles. The molecule has 13 heteroatoms. The van der Waals surface area contributed by atoms with Crippen LogP contribution in [0.2, 0.25) is 0 Å². The van der Waals surface area contributed by atoms with E-state index in [0.717, 1.165) is 11.1 Å². The van der Waals surface area contributed by atoms with Crippen LogP contribution in [0.15, 0.2) is 24.0 Å². The minimum Gasteiger partial charge on any atom is -0.493 e. The Morgan fingerprint density at radius 3 is 2.13 bits per heavy atom. The maximum Gasteiger partial charge on any atom is 0.337 e. The number of methoxy groups -OCH3 is 3. The highest BCUT2D eigenvalue weighted by Crippen LogP contribution is 2.63. The summed E-state index contributed by atoms with van der Waals surface area (Å²) >= 11 is 0. The van der Waals surface area contributed by atoms with Crippen LogP contribution in [0.1, 0.15) is 30.9 Å². The van der Waals surface area contributed by atoms with E-state index in [9.17, 15) is 9.59 Å². The van der Waals surface area contributed by atoms with E-state index in [4.69, 9.17) is 47.4 Å². The van der Waals surface area contributed by atoms with Crippen molar-refractivity contribution in [1.29, 1.82) is 0 Å². The maximum atomic E-state index is 13.5. The zero-order valence-electron chi connectivity index (χ0n) is 27.9. The number of likely N-dealkylation sites (N-methyl/N-ethyl adjacent to an activating group) is 1. The first-order valence-electron chi connectivity index (χ1n) is 15.7. The van der Waals surface area contributed by atoms with Crippen molar-refractivity contribution in [1.82, 2.24) is 4.90 Å². The molecule has 0 N–H and O–H groups in total. The second-order valence-corrected chi connectivity index (χ2v) is 11.6. The minimum atomic E-state index is -1.08. The Labute approximate surface area is 271 Å². The number of carbonyl (C=O) groups excluding carboxylic acids is 2. The summed E-state index contributed by atoms with van der Waals surface area (Å²) in [5.74, 6) is 0.405. The van der Waals surface area contributed by atoms with Crippen molar-refractivity contribution in [3.05, 3.63) is 35.1 Å². The normalized spacial score (nSPS) is 25.1. The maximum absolute atomic E-state index is 13.5. The number of rotatable bonds is 19. The van der Waals surface area contributed by atoms with Gasteiger partial charge < -0.3 is 47.4 Å². The van der Waals surface area contributed by atoms with Crippen molar-refractivity contribution in [3.63, 3.8) is 0 Å². The molecule has 0 saturated carbocycles. The number of carbonyl (C=O) groups is 2. The largest absolute Gasteiger partial charge is 0.493 e. The molecule has 0 aromatic heterocycles. The predicted molar refractivity (Wildman–Crippen MR) is 165 cm³/mol. The van der Waals surface area contributed by atoms with E-state index < -0.39 is 29.1 Å². The molecule has 4 rings (SSSR count). The molecule has 2 aliphatic heterocycles. The molecule has 3 aliphatic rings. The van der Waals surface area contributed by atoms with E-state index in [2.05, 4.69) is 11.8 Å². The van der Waals surface area contributed by atoms with E-state index in [-0.39, 0.29) is 38.9 Å². The number of likely N-dealkylation sites (tertiary alicyclic amines) is 1.